The molecule has 2 aromatic heterocycles. The molecule has 2 aromatic rings. The van der Waals surface area contributed by atoms with Crippen LogP contribution in [0.1, 0.15) is 36.7 Å². The summed E-state index contributed by atoms with van der Waals surface area (Å²) >= 11 is 0. The Balaban J connectivity index is 1.76. The van der Waals surface area contributed by atoms with Crippen molar-refractivity contribution in [2.24, 2.45) is 5.92 Å². The Bertz CT molecular complexity index is 910. The van der Waals surface area contributed by atoms with Crippen molar-refractivity contribution in [3.63, 3.8) is 0 Å². The first kappa shape index (κ1) is 19.9. The molecule has 0 aliphatic carbocycles. The molecular formula is C21H27N5O2. The van der Waals surface area contributed by atoms with E-state index in [1.807, 2.05) is 26.0 Å². The van der Waals surface area contributed by atoms with Gasteiger partial charge in [0.05, 0.1) is 12.8 Å². The Morgan fingerprint density at radius 1 is 1.50 bits per heavy atom. The zero-order chi connectivity index (χ0) is 20.1. The number of ether oxygens (including phenoxy) is 1. The molecule has 7 heteroatoms. The molecule has 0 aromatic carbocycles. The van der Waals surface area contributed by atoms with Gasteiger partial charge in [-0.3, -0.25) is 4.79 Å². The molecule has 0 radical (unpaired) electrons. The minimum atomic E-state index is -0.424. The molecule has 3 heterocycles. The topological polar surface area (TPSA) is 84.9 Å². The lowest BCUT2D eigenvalue weighted by Gasteiger charge is -2.12. The van der Waals surface area contributed by atoms with Crippen LogP contribution in [0.15, 0.2) is 23.9 Å². The average Bonchev–Trinajstić information content (AvgIpc) is 3.39. The molecule has 1 saturated heterocycles. The lowest BCUT2D eigenvalue weighted by molar-refractivity contribution is -0.112. The molecule has 1 aliphatic rings. The molecule has 1 atom stereocenters. The number of aromatic nitrogens is 3. The number of carbonyl (C=O) groups is 1. The van der Waals surface area contributed by atoms with Crippen molar-refractivity contribution in [2.75, 3.05) is 18.5 Å². The van der Waals surface area contributed by atoms with Crippen LogP contribution in [0.4, 0.5) is 5.82 Å². The van der Waals surface area contributed by atoms with E-state index in [4.69, 9.17) is 4.74 Å². The number of nitriles is 1. The van der Waals surface area contributed by atoms with Crippen LogP contribution in [0.3, 0.4) is 0 Å². The van der Waals surface area contributed by atoms with Gasteiger partial charge < -0.3 is 14.6 Å². The molecule has 3 rings (SSSR count). The number of anilines is 1. The maximum absolute atomic E-state index is 12.7. The van der Waals surface area contributed by atoms with Crippen LogP contribution in [-0.2, 0) is 22.6 Å². The third-order valence-electron chi connectivity index (χ3n) is 5.14. The van der Waals surface area contributed by atoms with Gasteiger partial charge in [-0.2, -0.15) is 10.4 Å². The summed E-state index contributed by atoms with van der Waals surface area (Å²) in [5.74, 6) is 0.562. The first-order valence-corrected chi connectivity index (χ1v) is 9.73. The van der Waals surface area contributed by atoms with Crippen molar-refractivity contribution in [1.82, 2.24) is 14.3 Å². The first-order chi connectivity index (χ1) is 13.5. The summed E-state index contributed by atoms with van der Waals surface area (Å²) in [6, 6.07) is 5.79. The van der Waals surface area contributed by atoms with Crippen LogP contribution >= 0.6 is 0 Å². The fourth-order valence-electron chi connectivity index (χ4n) is 3.59. The quantitative estimate of drug-likeness (QED) is 0.589. The third kappa shape index (κ3) is 4.34. The molecule has 0 saturated carbocycles. The molecule has 7 nitrogen and oxygen atoms in total. The van der Waals surface area contributed by atoms with Crippen molar-refractivity contribution in [3.8, 4) is 6.07 Å². The van der Waals surface area contributed by atoms with Crippen LogP contribution < -0.4 is 5.32 Å². The number of nitrogens with zero attached hydrogens (tertiary/aromatic N) is 4. The molecule has 1 aliphatic heterocycles. The summed E-state index contributed by atoms with van der Waals surface area (Å²) in [5.41, 5.74) is 3.16. The molecule has 1 N–H and O–H groups in total. The Morgan fingerprint density at radius 3 is 3.00 bits per heavy atom. The summed E-state index contributed by atoms with van der Waals surface area (Å²) in [4.78, 5) is 12.7. The van der Waals surface area contributed by atoms with E-state index in [9.17, 15) is 10.1 Å². The van der Waals surface area contributed by atoms with Gasteiger partial charge in [-0.05, 0) is 44.4 Å². The number of hydrogen-bond donors (Lipinski definition) is 1. The monoisotopic (exact) mass is 381 g/mol. The third-order valence-corrected chi connectivity index (χ3v) is 5.14. The summed E-state index contributed by atoms with van der Waals surface area (Å²) in [7, 11) is 0. The fraction of sp³-hybridized carbons (Fsp3) is 0.476. The molecule has 0 unspecified atom stereocenters. The number of carbonyl (C=O) groups excluding carboxylic acids is 1. The van der Waals surface area contributed by atoms with Gasteiger partial charge in [-0.1, -0.05) is 6.92 Å². The second kappa shape index (κ2) is 8.89. The van der Waals surface area contributed by atoms with Crippen LogP contribution in [0.5, 0.6) is 0 Å². The largest absolute Gasteiger partial charge is 0.381 e. The lowest BCUT2D eigenvalue weighted by atomic mass is 10.1. The van der Waals surface area contributed by atoms with E-state index >= 15 is 0 Å². The maximum Gasteiger partial charge on any atom is 0.267 e. The number of rotatable bonds is 7. The van der Waals surface area contributed by atoms with Crippen molar-refractivity contribution >= 4 is 17.8 Å². The second-order valence-electron chi connectivity index (χ2n) is 7.23. The zero-order valence-electron chi connectivity index (χ0n) is 16.7. The minimum Gasteiger partial charge on any atom is -0.381 e. The Hall–Kier alpha value is -2.85. The fourth-order valence-corrected chi connectivity index (χ4v) is 3.59. The van der Waals surface area contributed by atoms with E-state index in [2.05, 4.69) is 21.9 Å². The molecular weight excluding hydrogens is 354 g/mol. The number of hydrogen-bond acceptors (Lipinski definition) is 4. The maximum atomic E-state index is 12.7. The van der Waals surface area contributed by atoms with Crippen molar-refractivity contribution in [2.45, 2.75) is 46.7 Å². The second-order valence-corrected chi connectivity index (χ2v) is 7.23. The summed E-state index contributed by atoms with van der Waals surface area (Å²) in [6.45, 7) is 9.27. The molecule has 1 amide bonds. The molecule has 0 spiro atoms. The standard InChI is InChI=1S/C21H27N5O2/c1-4-8-25-15(2)10-18(16(25)3)11-19(12-22)21(27)24-20-5-7-23-26(20)13-17-6-9-28-14-17/h5,7,10-11,17H,4,6,8-9,13-14H2,1-3H3,(H,24,27)/b19-11-/t17-/m0/s1. The van der Waals surface area contributed by atoms with Gasteiger partial charge in [0, 0.05) is 43.1 Å². The van der Waals surface area contributed by atoms with Gasteiger partial charge in [0.1, 0.15) is 17.5 Å². The highest BCUT2D eigenvalue weighted by Gasteiger charge is 2.19. The number of nitrogens with one attached hydrogen (secondary N) is 1. The highest BCUT2D eigenvalue weighted by atomic mass is 16.5. The van der Waals surface area contributed by atoms with E-state index in [0.717, 1.165) is 42.9 Å². The predicted molar refractivity (Wildman–Crippen MR) is 108 cm³/mol. The van der Waals surface area contributed by atoms with E-state index in [1.165, 1.54) is 0 Å². The number of aryl methyl sites for hydroxylation is 1. The first-order valence-electron chi connectivity index (χ1n) is 9.73. The van der Waals surface area contributed by atoms with Gasteiger partial charge in [0.25, 0.3) is 5.91 Å². The smallest absolute Gasteiger partial charge is 0.267 e. The van der Waals surface area contributed by atoms with Crippen molar-refractivity contribution in [1.29, 1.82) is 5.26 Å². The minimum absolute atomic E-state index is 0.0775. The zero-order valence-corrected chi connectivity index (χ0v) is 16.7. The molecule has 28 heavy (non-hydrogen) atoms. The van der Waals surface area contributed by atoms with E-state index in [1.54, 1.807) is 23.0 Å². The summed E-state index contributed by atoms with van der Waals surface area (Å²) in [6.07, 6.45) is 5.33. The van der Waals surface area contributed by atoms with Crippen LogP contribution in [0, 0.1) is 31.1 Å². The van der Waals surface area contributed by atoms with E-state index < -0.39 is 5.91 Å². The van der Waals surface area contributed by atoms with Gasteiger partial charge >= 0.3 is 0 Å². The van der Waals surface area contributed by atoms with Crippen LogP contribution in [0.25, 0.3) is 6.08 Å². The van der Waals surface area contributed by atoms with Gasteiger partial charge in [-0.15, -0.1) is 0 Å². The Morgan fingerprint density at radius 2 is 2.32 bits per heavy atom. The van der Waals surface area contributed by atoms with Gasteiger partial charge in [0.2, 0.25) is 0 Å². The van der Waals surface area contributed by atoms with Crippen molar-refractivity contribution in [3.05, 3.63) is 40.9 Å². The Kier molecular flexibility index (Phi) is 6.32. The molecule has 1 fully saturated rings. The van der Waals surface area contributed by atoms with Crippen molar-refractivity contribution < 1.29 is 9.53 Å². The number of amides is 1. The lowest BCUT2D eigenvalue weighted by Crippen LogP contribution is -2.19. The van der Waals surface area contributed by atoms with E-state index in [0.29, 0.717) is 24.9 Å². The normalized spacial score (nSPS) is 16.9. The molecule has 148 valence electrons. The summed E-state index contributed by atoms with van der Waals surface area (Å²) < 4.78 is 9.38. The van der Waals surface area contributed by atoms with Crippen LogP contribution in [-0.4, -0.2) is 33.5 Å². The summed E-state index contributed by atoms with van der Waals surface area (Å²) in [5, 5.41) is 16.6. The Labute approximate surface area is 165 Å². The highest BCUT2D eigenvalue weighted by Crippen LogP contribution is 2.20. The van der Waals surface area contributed by atoms with Gasteiger partial charge in [0.15, 0.2) is 0 Å². The van der Waals surface area contributed by atoms with Gasteiger partial charge in [-0.25, -0.2) is 4.68 Å². The molecule has 0 bridgehead atoms. The predicted octanol–water partition coefficient (Wildman–Crippen LogP) is 3.29. The van der Waals surface area contributed by atoms with E-state index in [-0.39, 0.29) is 5.57 Å². The average molecular weight is 381 g/mol. The van der Waals surface area contributed by atoms with Crippen LogP contribution in [0.2, 0.25) is 0 Å². The SMILES string of the molecule is CCCn1c(C)cc(/C=C(/C#N)C(=O)Nc2ccnn2C[C@@H]2CCOC2)c1C. The highest BCUT2D eigenvalue weighted by molar-refractivity contribution is 6.09.